The summed E-state index contributed by atoms with van der Waals surface area (Å²) < 4.78 is 5.19. The Kier molecular flexibility index (Phi) is 3.62. The van der Waals surface area contributed by atoms with Gasteiger partial charge in [0.15, 0.2) is 0 Å². The highest BCUT2D eigenvalue weighted by Gasteiger charge is 2.19. The van der Waals surface area contributed by atoms with Crippen LogP contribution in [0.1, 0.15) is 28.3 Å². The van der Waals surface area contributed by atoms with Crippen LogP contribution in [0.5, 0.6) is 0 Å². The van der Waals surface area contributed by atoms with Crippen molar-refractivity contribution < 1.29 is 4.74 Å². The van der Waals surface area contributed by atoms with Crippen molar-refractivity contribution in [3.05, 3.63) is 70.8 Å². The van der Waals surface area contributed by atoms with Crippen LogP contribution in [-0.2, 0) is 24.3 Å². The highest BCUT2D eigenvalue weighted by Crippen LogP contribution is 2.26. The third-order valence-electron chi connectivity index (χ3n) is 3.75. The molecule has 2 nitrogen and oxygen atoms in total. The zero-order chi connectivity index (χ0) is 13.1. The van der Waals surface area contributed by atoms with Crippen molar-refractivity contribution in [3.63, 3.8) is 0 Å². The first-order chi connectivity index (χ1) is 9.36. The van der Waals surface area contributed by atoms with Gasteiger partial charge in [-0.15, -0.1) is 0 Å². The van der Waals surface area contributed by atoms with Gasteiger partial charge in [-0.05, 0) is 28.7 Å². The second-order valence-corrected chi connectivity index (χ2v) is 5.08. The van der Waals surface area contributed by atoms with Gasteiger partial charge < -0.3 is 10.1 Å². The van der Waals surface area contributed by atoms with Crippen LogP contribution >= 0.6 is 0 Å². The predicted octanol–water partition coefficient (Wildman–Crippen LogP) is 3.22. The number of ether oxygens (including phenoxy) is 1. The van der Waals surface area contributed by atoms with Gasteiger partial charge in [-0.25, -0.2) is 0 Å². The lowest BCUT2D eigenvalue weighted by molar-refractivity contribution is 0.185. The SMILES string of the molecule is COCc1ccc2c(c1)CNC(c1ccccc1)C2. The minimum atomic E-state index is 0.432. The third-order valence-corrected chi connectivity index (χ3v) is 3.75. The molecule has 1 heterocycles. The molecule has 0 fully saturated rings. The molecule has 1 aliphatic heterocycles. The standard InChI is InChI=1S/C17H19NO/c1-19-12-13-7-8-15-10-17(18-11-16(15)9-13)14-5-3-2-4-6-14/h2-9,17-18H,10-12H2,1H3. The van der Waals surface area contributed by atoms with Gasteiger partial charge in [0.2, 0.25) is 0 Å². The first-order valence-electron chi connectivity index (χ1n) is 6.75. The largest absolute Gasteiger partial charge is 0.380 e. The maximum Gasteiger partial charge on any atom is 0.0713 e. The van der Waals surface area contributed by atoms with Gasteiger partial charge >= 0.3 is 0 Å². The lowest BCUT2D eigenvalue weighted by Gasteiger charge is -2.27. The lowest BCUT2D eigenvalue weighted by atomic mass is 9.91. The van der Waals surface area contributed by atoms with Crippen LogP contribution in [-0.4, -0.2) is 7.11 Å². The summed E-state index contributed by atoms with van der Waals surface area (Å²) in [7, 11) is 1.74. The summed E-state index contributed by atoms with van der Waals surface area (Å²) in [5.41, 5.74) is 5.48. The van der Waals surface area contributed by atoms with Crippen molar-refractivity contribution in [1.29, 1.82) is 0 Å². The second-order valence-electron chi connectivity index (χ2n) is 5.08. The molecule has 0 spiro atoms. The lowest BCUT2D eigenvalue weighted by Crippen LogP contribution is -2.28. The van der Waals surface area contributed by atoms with Gasteiger partial charge in [0.05, 0.1) is 6.61 Å². The molecule has 1 unspecified atom stereocenters. The van der Waals surface area contributed by atoms with E-state index in [-0.39, 0.29) is 0 Å². The topological polar surface area (TPSA) is 21.3 Å². The second kappa shape index (κ2) is 5.55. The first kappa shape index (κ1) is 12.4. The Labute approximate surface area is 114 Å². The van der Waals surface area contributed by atoms with Crippen LogP contribution in [0.15, 0.2) is 48.5 Å². The molecule has 98 valence electrons. The Balaban J connectivity index is 1.81. The van der Waals surface area contributed by atoms with Crippen LogP contribution in [0.3, 0.4) is 0 Å². The molecule has 19 heavy (non-hydrogen) atoms. The molecule has 1 atom stereocenters. The van der Waals surface area contributed by atoms with E-state index >= 15 is 0 Å². The maximum absolute atomic E-state index is 5.19. The monoisotopic (exact) mass is 253 g/mol. The molecule has 1 aliphatic rings. The molecule has 2 heteroatoms. The molecule has 0 radical (unpaired) electrons. The minimum absolute atomic E-state index is 0.432. The molecule has 0 aromatic heterocycles. The van der Waals surface area contributed by atoms with E-state index in [1.165, 1.54) is 22.3 Å². The highest BCUT2D eigenvalue weighted by atomic mass is 16.5. The van der Waals surface area contributed by atoms with E-state index in [0.717, 1.165) is 13.0 Å². The summed E-state index contributed by atoms with van der Waals surface area (Å²) in [5.74, 6) is 0. The number of rotatable bonds is 3. The molecule has 0 saturated carbocycles. The number of hydrogen-bond donors (Lipinski definition) is 1. The van der Waals surface area contributed by atoms with Crippen LogP contribution < -0.4 is 5.32 Å². The number of benzene rings is 2. The van der Waals surface area contributed by atoms with E-state index in [1.54, 1.807) is 7.11 Å². The molecular formula is C17H19NO. The highest BCUT2D eigenvalue weighted by molar-refractivity contribution is 5.36. The van der Waals surface area contributed by atoms with E-state index in [2.05, 4.69) is 53.8 Å². The van der Waals surface area contributed by atoms with Gasteiger partial charge in [0.1, 0.15) is 0 Å². The Bertz CT molecular complexity index is 550. The average molecular weight is 253 g/mol. The number of fused-ring (bicyclic) bond motifs is 1. The van der Waals surface area contributed by atoms with E-state index in [1.807, 2.05) is 0 Å². The maximum atomic E-state index is 5.19. The van der Waals surface area contributed by atoms with Crippen molar-refractivity contribution in [2.45, 2.75) is 25.6 Å². The van der Waals surface area contributed by atoms with Crippen LogP contribution in [0.4, 0.5) is 0 Å². The van der Waals surface area contributed by atoms with Gasteiger partial charge in [-0.3, -0.25) is 0 Å². The Morgan fingerprint density at radius 2 is 1.95 bits per heavy atom. The zero-order valence-electron chi connectivity index (χ0n) is 11.2. The van der Waals surface area contributed by atoms with Crippen LogP contribution in [0.2, 0.25) is 0 Å². The summed E-state index contributed by atoms with van der Waals surface area (Å²) in [6.07, 6.45) is 1.06. The van der Waals surface area contributed by atoms with Gasteiger partial charge in [0, 0.05) is 19.7 Å². The van der Waals surface area contributed by atoms with Crippen LogP contribution in [0.25, 0.3) is 0 Å². The number of nitrogens with one attached hydrogen (secondary N) is 1. The van der Waals surface area contributed by atoms with Crippen molar-refractivity contribution >= 4 is 0 Å². The Morgan fingerprint density at radius 1 is 1.11 bits per heavy atom. The molecule has 1 N–H and O–H groups in total. The smallest absolute Gasteiger partial charge is 0.0713 e. The van der Waals surface area contributed by atoms with Gasteiger partial charge in [-0.2, -0.15) is 0 Å². The number of hydrogen-bond acceptors (Lipinski definition) is 2. The molecule has 0 bridgehead atoms. The molecule has 2 aromatic carbocycles. The first-order valence-corrected chi connectivity index (χ1v) is 6.75. The van der Waals surface area contributed by atoms with E-state index in [0.29, 0.717) is 12.6 Å². The quantitative estimate of drug-likeness (QED) is 0.907. The summed E-state index contributed by atoms with van der Waals surface area (Å²) >= 11 is 0. The van der Waals surface area contributed by atoms with E-state index in [4.69, 9.17) is 4.74 Å². The molecular weight excluding hydrogens is 234 g/mol. The normalized spacial score (nSPS) is 18.1. The van der Waals surface area contributed by atoms with Crippen molar-refractivity contribution in [3.8, 4) is 0 Å². The summed E-state index contributed by atoms with van der Waals surface area (Å²) in [6.45, 7) is 1.63. The summed E-state index contributed by atoms with van der Waals surface area (Å²) in [4.78, 5) is 0. The fourth-order valence-corrected chi connectivity index (χ4v) is 2.75. The van der Waals surface area contributed by atoms with Gasteiger partial charge in [-0.1, -0.05) is 48.5 Å². The average Bonchev–Trinajstić information content (AvgIpc) is 2.48. The minimum Gasteiger partial charge on any atom is -0.380 e. The fourth-order valence-electron chi connectivity index (χ4n) is 2.75. The molecule has 3 rings (SSSR count). The predicted molar refractivity (Wildman–Crippen MR) is 76.9 cm³/mol. The number of methoxy groups -OCH3 is 1. The summed E-state index contributed by atoms with van der Waals surface area (Å²) in [5, 5.41) is 3.62. The van der Waals surface area contributed by atoms with Crippen LogP contribution in [0, 0.1) is 0 Å². The van der Waals surface area contributed by atoms with Crippen molar-refractivity contribution in [2.24, 2.45) is 0 Å². The van der Waals surface area contributed by atoms with Crippen molar-refractivity contribution in [1.82, 2.24) is 5.32 Å². The van der Waals surface area contributed by atoms with Gasteiger partial charge in [0.25, 0.3) is 0 Å². The Hall–Kier alpha value is -1.64. The van der Waals surface area contributed by atoms with E-state index < -0.39 is 0 Å². The van der Waals surface area contributed by atoms with Crippen molar-refractivity contribution in [2.75, 3.05) is 7.11 Å². The van der Waals surface area contributed by atoms with E-state index in [9.17, 15) is 0 Å². The zero-order valence-corrected chi connectivity index (χ0v) is 11.2. The third kappa shape index (κ3) is 2.70. The molecule has 2 aromatic rings. The Morgan fingerprint density at radius 3 is 2.74 bits per heavy atom. The molecule has 0 aliphatic carbocycles. The molecule has 0 amide bonds. The summed E-state index contributed by atoms with van der Waals surface area (Å²) in [6, 6.07) is 17.8. The fraction of sp³-hybridized carbons (Fsp3) is 0.294. The molecule has 0 saturated heterocycles.